The zero-order chi connectivity index (χ0) is 13.1. The van der Waals surface area contributed by atoms with E-state index in [-0.39, 0.29) is 0 Å². The average molecular weight is 239 g/mol. The standard InChI is InChI=1S/C16H33N/c1-12(2)15(17-6)13-8-7-9-14(11-10-13)16(3,4)5/h12-15,17H,7-11H2,1-6H3. The van der Waals surface area contributed by atoms with Crippen molar-refractivity contribution >= 4 is 0 Å². The van der Waals surface area contributed by atoms with Crippen molar-refractivity contribution in [3.8, 4) is 0 Å². The first kappa shape index (κ1) is 15.0. The molecule has 1 saturated carbocycles. The molecule has 1 N–H and O–H groups in total. The van der Waals surface area contributed by atoms with Crippen molar-refractivity contribution < 1.29 is 0 Å². The van der Waals surface area contributed by atoms with Crippen LogP contribution in [-0.2, 0) is 0 Å². The molecule has 0 aromatic rings. The Hall–Kier alpha value is -0.0400. The van der Waals surface area contributed by atoms with E-state index in [4.69, 9.17) is 0 Å². The van der Waals surface area contributed by atoms with Crippen molar-refractivity contribution in [1.29, 1.82) is 0 Å². The first-order valence-corrected chi connectivity index (χ1v) is 7.53. The molecule has 1 fully saturated rings. The lowest BCUT2D eigenvalue weighted by Crippen LogP contribution is -2.38. The molecule has 0 radical (unpaired) electrons. The fourth-order valence-electron chi connectivity index (χ4n) is 3.67. The summed E-state index contributed by atoms with van der Waals surface area (Å²) in [6.07, 6.45) is 7.15. The Kier molecular flexibility index (Phi) is 5.50. The van der Waals surface area contributed by atoms with Crippen LogP contribution in [0.25, 0.3) is 0 Å². The molecule has 0 aromatic carbocycles. The lowest BCUT2D eigenvalue weighted by molar-refractivity contribution is 0.206. The lowest BCUT2D eigenvalue weighted by atomic mass is 9.76. The van der Waals surface area contributed by atoms with Crippen LogP contribution in [0.5, 0.6) is 0 Å². The van der Waals surface area contributed by atoms with E-state index in [0.717, 1.165) is 17.8 Å². The van der Waals surface area contributed by atoms with Gasteiger partial charge in [0.25, 0.3) is 0 Å². The van der Waals surface area contributed by atoms with Crippen LogP contribution in [0, 0.1) is 23.2 Å². The topological polar surface area (TPSA) is 12.0 Å². The smallest absolute Gasteiger partial charge is 0.0115 e. The van der Waals surface area contributed by atoms with Gasteiger partial charge in [0, 0.05) is 6.04 Å². The van der Waals surface area contributed by atoms with E-state index >= 15 is 0 Å². The highest BCUT2D eigenvalue weighted by Gasteiger charge is 2.31. The monoisotopic (exact) mass is 239 g/mol. The summed E-state index contributed by atoms with van der Waals surface area (Å²) >= 11 is 0. The van der Waals surface area contributed by atoms with Crippen molar-refractivity contribution in [3.63, 3.8) is 0 Å². The molecule has 0 aliphatic heterocycles. The maximum Gasteiger partial charge on any atom is 0.0115 e. The molecule has 102 valence electrons. The minimum absolute atomic E-state index is 0.502. The van der Waals surface area contributed by atoms with Crippen LogP contribution in [0.4, 0.5) is 0 Å². The van der Waals surface area contributed by atoms with Gasteiger partial charge in [-0.3, -0.25) is 0 Å². The van der Waals surface area contributed by atoms with Gasteiger partial charge in [0.05, 0.1) is 0 Å². The molecule has 0 bridgehead atoms. The second-order valence-electron chi connectivity index (χ2n) is 7.39. The van der Waals surface area contributed by atoms with Gasteiger partial charge in [-0.2, -0.15) is 0 Å². The summed E-state index contributed by atoms with van der Waals surface area (Å²) in [7, 11) is 2.14. The van der Waals surface area contributed by atoms with Gasteiger partial charge in [0.1, 0.15) is 0 Å². The number of hydrogen-bond donors (Lipinski definition) is 1. The van der Waals surface area contributed by atoms with Crippen LogP contribution < -0.4 is 5.32 Å². The summed E-state index contributed by atoms with van der Waals surface area (Å²) in [6.45, 7) is 11.9. The third kappa shape index (κ3) is 4.28. The molecule has 0 spiro atoms. The van der Waals surface area contributed by atoms with Crippen LogP contribution in [0.15, 0.2) is 0 Å². The van der Waals surface area contributed by atoms with Gasteiger partial charge >= 0.3 is 0 Å². The molecule has 1 aliphatic carbocycles. The van der Waals surface area contributed by atoms with Crippen molar-refractivity contribution in [1.82, 2.24) is 5.32 Å². The fraction of sp³-hybridized carbons (Fsp3) is 1.00. The first-order chi connectivity index (χ1) is 7.86. The van der Waals surface area contributed by atoms with Gasteiger partial charge in [-0.05, 0) is 55.9 Å². The summed E-state index contributed by atoms with van der Waals surface area (Å²) in [5, 5.41) is 3.55. The Labute approximate surface area is 109 Å². The molecule has 0 heterocycles. The van der Waals surface area contributed by atoms with E-state index in [2.05, 4.69) is 47.0 Å². The summed E-state index contributed by atoms with van der Waals surface area (Å²) in [5.74, 6) is 2.58. The molecular formula is C16H33N. The van der Waals surface area contributed by atoms with Crippen molar-refractivity contribution in [2.45, 2.75) is 72.8 Å². The molecule has 0 aromatic heterocycles. The predicted octanol–water partition coefficient (Wildman–Crippen LogP) is 4.47. The Balaban J connectivity index is 2.58. The molecule has 0 saturated heterocycles. The molecule has 3 unspecified atom stereocenters. The highest BCUT2D eigenvalue weighted by Crippen LogP contribution is 2.39. The highest BCUT2D eigenvalue weighted by atomic mass is 14.9. The Bertz CT molecular complexity index is 214. The minimum Gasteiger partial charge on any atom is -0.316 e. The Morgan fingerprint density at radius 1 is 1.00 bits per heavy atom. The average Bonchev–Trinajstić information content (AvgIpc) is 2.43. The van der Waals surface area contributed by atoms with Gasteiger partial charge in [-0.25, -0.2) is 0 Å². The summed E-state index contributed by atoms with van der Waals surface area (Å²) in [4.78, 5) is 0. The molecular weight excluding hydrogens is 206 g/mol. The molecule has 1 rings (SSSR count). The van der Waals surface area contributed by atoms with Gasteiger partial charge in [0.2, 0.25) is 0 Å². The largest absolute Gasteiger partial charge is 0.316 e. The van der Waals surface area contributed by atoms with E-state index in [0.29, 0.717) is 11.5 Å². The minimum atomic E-state index is 0.502. The van der Waals surface area contributed by atoms with Gasteiger partial charge in [-0.15, -0.1) is 0 Å². The van der Waals surface area contributed by atoms with Crippen LogP contribution in [0.3, 0.4) is 0 Å². The number of nitrogens with one attached hydrogen (secondary N) is 1. The summed E-state index contributed by atoms with van der Waals surface area (Å²) < 4.78 is 0. The second-order valence-corrected chi connectivity index (χ2v) is 7.39. The molecule has 3 atom stereocenters. The lowest BCUT2D eigenvalue weighted by Gasteiger charge is -2.31. The quantitative estimate of drug-likeness (QED) is 0.716. The van der Waals surface area contributed by atoms with Crippen LogP contribution in [-0.4, -0.2) is 13.1 Å². The molecule has 1 nitrogen and oxygen atoms in total. The normalized spacial score (nSPS) is 29.1. The van der Waals surface area contributed by atoms with Crippen molar-refractivity contribution in [2.75, 3.05) is 7.05 Å². The third-order valence-electron chi connectivity index (χ3n) is 4.80. The fourth-order valence-corrected chi connectivity index (χ4v) is 3.67. The van der Waals surface area contributed by atoms with Gasteiger partial charge in [0.15, 0.2) is 0 Å². The van der Waals surface area contributed by atoms with Crippen LogP contribution in [0.2, 0.25) is 0 Å². The zero-order valence-corrected chi connectivity index (χ0v) is 12.8. The molecule has 1 aliphatic rings. The highest BCUT2D eigenvalue weighted by molar-refractivity contribution is 4.84. The Morgan fingerprint density at radius 2 is 1.65 bits per heavy atom. The van der Waals surface area contributed by atoms with E-state index in [1.165, 1.54) is 32.1 Å². The van der Waals surface area contributed by atoms with E-state index in [1.807, 2.05) is 0 Å². The maximum absolute atomic E-state index is 3.55. The van der Waals surface area contributed by atoms with E-state index < -0.39 is 0 Å². The van der Waals surface area contributed by atoms with E-state index in [1.54, 1.807) is 0 Å². The van der Waals surface area contributed by atoms with Crippen molar-refractivity contribution in [3.05, 3.63) is 0 Å². The SMILES string of the molecule is CNC(C(C)C)C1CCCC(C(C)(C)C)CC1. The number of rotatable bonds is 3. The number of hydrogen-bond acceptors (Lipinski definition) is 1. The van der Waals surface area contributed by atoms with Crippen LogP contribution >= 0.6 is 0 Å². The zero-order valence-electron chi connectivity index (χ0n) is 12.8. The van der Waals surface area contributed by atoms with Gasteiger partial charge in [-0.1, -0.05) is 41.0 Å². The third-order valence-corrected chi connectivity index (χ3v) is 4.80. The molecule has 17 heavy (non-hydrogen) atoms. The van der Waals surface area contributed by atoms with Gasteiger partial charge < -0.3 is 5.32 Å². The van der Waals surface area contributed by atoms with Crippen LogP contribution in [0.1, 0.15) is 66.7 Å². The first-order valence-electron chi connectivity index (χ1n) is 7.53. The summed E-state index contributed by atoms with van der Waals surface area (Å²) in [5.41, 5.74) is 0.502. The second kappa shape index (κ2) is 6.22. The van der Waals surface area contributed by atoms with E-state index in [9.17, 15) is 0 Å². The molecule has 1 heteroatoms. The summed E-state index contributed by atoms with van der Waals surface area (Å²) in [6, 6.07) is 0.716. The Morgan fingerprint density at radius 3 is 2.12 bits per heavy atom. The maximum atomic E-state index is 3.55. The predicted molar refractivity (Wildman–Crippen MR) is 77.2 cm³/mol. The molecule has 0 amide bonds. The van der Waals surface area contributed by atoms with Crippen molar-refractivity contribution in [2.24, 2.45) is 23.2 Å².